The Bertz CT molecular complexity index is 1560. The van der Waals surface area contributed by atoms with Crippen LogP contribution in [-0.4, -0.2) is 73.9 Å². The highest BCUT2D eigenvalue weighted by molar-refractivity contribution is 5.95. The van der Waals surface area contributed by atoms with Crippen LogP contribution in [0, 0.1) is 5.82 Å². The van der Waals surface area contributed by atoms with Crippen LogP contribution in [0.1, 0.15) is 26.2 Å². The number of amides is 2. The predicted molar refractivity (Wildman–Crippen MR) is 156 cm³/mol. The molecule has 1 saturated heterocycles. The molecular weight excluding hydrogens is 543 g/mol. The Hall–Kier alpha value is -4.62. The van der Waals surface area contributed by atoms with Gasteiger partial charge in [-0.05, 0) is 56.1 Å². The highest BCUT2D eigenvalue weighted by atomic mass is 19.1. The molecule has 2 aromatic carbocycles. The molecule has 0 bridgehead atoms. The maximum Gasteiger partial charge on any atom is 0.246 e. The molecule has 12 nitrogen and oxygen atoms in total. The average molecular weight is 577 g/mol. The lowest BCUT2D eigenvalue weighted by Crippen LogP contribution is -2.33. The Balaban J connectivity index is 1.25. The van der Waals surface area contributed by atoms with Gasteiger partial charge in [0.2, 0.25) is 11.8 Å². The zero-order chi connectivity index (χ0) is 29.5. The van der Waals surface area contributed by atoms with E-state index < -0.39 is 11.7 Å². The predicted octanol–water partition coefficient (Wildman–Crippen LogP) is 3.53. The number of aliphatic hydroxyl groups is 1. The highest BCUT2D eigenvalue weighted by Crippen LogP contribution is 2.29. The number of aromatic nitrogens is 4. The number of rotatable bonds is 12. The summed E-state index contributed by atoms with van der Waals surface area (Å²) in [6.45, 7) is 3.82. The van der Waals surface area contributed by atoms with Gasteiger partial charge in [-0.1, -0.05) is 6.07 Å². The fourth-order valence-corrected chi connectivity index (χ4v) is 4.97. The van der Waals surface area contributed by atoms with E-state index in [9.17, 15) is 19.1 Å². The van der Waals surface area contributed by atoms with Gasteiger partial charge in [-0.2, -0.15) is 5.10 Å². The van der Waals surface area contributed by atoms with E-state index in [0.29, 0.717) is 35.1 Å². The van der Waals surface area contributed by atoms with Crippen molar-refractivity contribution >= 4 is 45.7 Å². The van der Waals surface area contributed by atoms with Crippen LogP contribution >= 0.6 is 0 Å². The number of anilines is 4. The standard InChI is InChI=1S/C29H33FN8O4/c1-19(40)33-29-26(15-38(36-29)16-27(41)34-21-6-2-5-20(30)13-21)35-28-24-9-8-23(14-25(24)31-18-32-28)42-12-4-11-37-10-3-7-22(37)17-39/h2,5-6,8-9,13-15,18,22,39H,3-4,7,10-12,16-17H2,1H3,(H,34,41)(H,31,32,35)(H,33,36,40)/t22-/m1/s1. The lowest BCUT2D eigenvalue weighted by molar-refractivity contribution is -0.117. The Kier molecular flexibility index (Phi) is 9.19. The first kappa shape index (κ1) is 28.9. The zero-order valence-corrected chi connectivity index (χ0v) is 23.2. The lowest BCUT2D eigenvalue weighted by Gasteiger charge is -2.22. The second-order valence-corrected chi connectivity index (χ2v) is 10.1. The molecule has 4 N–H and O–H groups in total. The number of aliphatic hydroxyl groups excluding tert-OH is 1. The first-order chi connectivity index (χ1) is 20.4. The number of benzene rings is 2. The molecule has 0 spiro atoms. The molecule has 1 atom stereocenters. The molecule has 42 heavy (non-hydrogen) atoms. The molecule has 1 aliphatic rings. The van der Waals surface area contributed by atoms with E-state index in [1.807, 2.05) is 18.2 Å². The van der Waals surface area contributed by atoms with Crippen LogP contribution in [0.25, 0.3) is 10.9 Å². The van der Waals surface area contributed by atoms with Crippen LogP contribution in [0.5, 0.6) is 5.75 Å². The number of nitrogens with one attached hydrogen (secondary N) is 3. The van der Waals surface area contributed by atoms with Crippen LogP contribution in [0.15, 0.2) is 55.0 Å². The minimum atomic E-state index is -0.462. The number of carbonyl (C=O) groups is 2. The van der Waals surface area contributed by atoms with Crippen molar-refractivity contribution in [2.75, 3.05) is 42.3 Å². The van der Waals surface area contributed by atoms with Crippen LogP contribution in [0.2, 0.25) is 0 Å². The summed E-state index contributed by atoms with van der Waals surface area (Å²) in [4.78, 5) is 35.4. The van der Waals surface area contributed by atoms with Crippen molar-refractivity contribution in [3.8, 4) is 5.75 Å². The van der Waals surface area contributed by atoms with Gasteiger partial charge in [-0.15, -0.1) is 0 Å². The third kappa shape index (κ3) is 7.36. The van der Waals surface area contributed by atoms with Gasteiger partial charge in [0.05, 0.1) is 24.9 Å². The molecule has 13 heteroatoms. The molecule has 3 heterocycles. The lowest BCUT2D eigenvalue weighted by atomic mass is 10.2. The second-order valence-electron chi connectivity index (χ2n) is 10.1. The van der Waals surface area contributed by atoms with E-state index >= 15 is 0 Å². The summed E-state index contributed by atoms with van der Waals surface area (Å²) in [6.07, 6.45) is 6.00. The van der Waals surface area contributed by atoms with Crippen molar-refractivity contribution in [3.05, 3.63) is 60.8 Å². The summed E-state index contributed by atoms with van der Waals surface area (Å²) in [7, 11) is 0. The average Bonchev–Trinajstić information content (AvgIpc) is 3.56. The molecule has 0 unspecified atom stereocenters. The molecule has 1 fully saturated rings. The summed E-state index contributed by atoms with van der Waals surface area (Å²) in [5, 5.41) is 23.0. The van der Waals surface area contributed by atoms with Gasteiger partial charge >= 0.3 is 0 Å². The van der Waals surface area contributed by atoms with E-state index in [0.717, 1.165) is 37.7 Å². The van der Waals surface area contributed by atoms with Crippen molar-refractivity contribution in [1.29, 1.82) is 0 Å². The fraction of sp³-hybridized carbons (Fsp3) is 0.345. The molecule has 2 aromatic heterocycles. The molecule has 1 aliphatic heterocycles. The van der Waals surface area contributed by atoms with Gasteiger partial charge in [0.15, 0.2) is 5.82 Å². The minimum Gasteiger partial charge on any atom is -0.493 e. The fourth-order valence-electron chi connectivity index (χ4n) is 4.97. The quantitative estimate of drug-likeness (QED) is 0.186. The van der Waals surface area contributed by atoms with Gasteiger partial charge in [0.1, 0.15) is 35.9 Å². The number of halogens is 1. The molecule has 4 aromatic rings. The van der Waals surface area contributed by atoms with E-state index in [4.69, 9.17) is 4.74 Å². The normalized spacial score (nSPS) is 15.1. The molecule has 0 aliphatic carbocycles. The third-order valence-electron chi connectivity index (χ3n) is 6.90. The summed E-state index contributed by atoms with van der Waals surface area (Å²) in [6, 6.07) is 11.4. The monoisotopic (exact) mass is 576 g/mol. The van der Waals surface area contributed by atoms with E-state index in [1.165, 1.54) is 36.1 Å². The van der Waals surface area contributed by atoms with Crippen LogP contribution in [0.3, 0.4) is 0 Å². The molecule has 2 amide bonds. The Morgan fingerprint density at radius 3 is 2.83 bits per heavy atom. The summed E-state index contributed by atoms with van der Waals surface area (Å²) >= 11 is 0. The SMILES string of the molecule is CC(=O)Nc1nn(CC(=O)Nc2cccc(F)c2)cc1Nc1ncnc2cc(OCCCN3CCC[C@@H]3CO)ccc12. The smallest absolute Gasteiger partial charge is 0.246 e. The number of hydrogen-bond acceptors (Lipinski definition) is 9. The summed E-state index contributed by atoms with van der Waals surface area (Å²) in [5.41, 5.74) is 1.41. The van der Waals surface area contributed by atoms with Gasteiger partial charge in [-0.25, -0.2) is 14.4 Å². The van der Waals surface area contributed by atoms with E-state index in [1.54, 1.807) is 12.3 Å². The van der Waals surface area contributed by atoms with Crippen molar-refractivity contribution in [3.63, 3.8) is 0 Å². The van der Waals surface area contributed by atoms with Crippen molar-refractivity contribution < 1.29 is 23.8 Å². The first-order valence-electron chi connectivity index (χ1n) is 13.8. The van der Waals surface area contributed by atoms with Gasteiger partial charge in [0, 0.05) is 36.7 Å². The molecule has 0 radical (unpaired) electrons. The topological polar surface area (TPSA) is 147 Å². The van der Waals surface area contributed by atoms with Crippen molar-refractivity contribution in [1.82, 2.24) is 24.6 Å². The van der Waals surface area contributed by atoms with Crippen LogP contribution < -0.4 is 20.7 Å². The molecule has 0 saturated carbocycles. The number of hydrogen-bond donors (Lipinski definition) is 4. The van der Waals surface area contributed by atoms with Gasteiger partial charge in [0.25, 0.3) is 0 Å². The Morgan fingerprint density at radius 1 is 1.14 bits per heavy atom. The number of likely N-dealkylation sites (tertiary alicyclic amines) is 1. The molecule has 5 rings (SSSR count). The first-order valence-corrected chi connectivity index (χ1v) is 13.8. The van der Waals surface area contributed by atoms with Crippen LogP contribution in [0.4, 0.5) is 27.4 Å². The summed E-state index contributed by atoms with van der Waals surface area (Å²) in [5.74, 6) is 0.163. The molecular formula is C29H33FN8O4. The van der Waals surface area contributed by atoms with Crippen LogP contribution in [-0.2, 0) is 16.1 Å². The summed E-state index contributed by atoms with van der Waals surface area (Å²) < 4.78 is 20.8. The zero-order valence-electron chi connectivity index (χ0n) is 23.2. The second kappa shape index (κ2) is 13.4. The van der Waals surface area contributed by atoms with E-state index in [-0.39, 0.29) is 30.9 Å². The van der Waals surface area contributed by atoms with Gasteiger partial charge in [-0.3, -0.25) is 19.2 Å². The maximum atomic E-state index is 13.5. The third-order valence-corrected chi connectivity index (χ3v) is 6.90. The maximum absolute atomic E-state index is 13.5. The molecule has 220 valence electrons. The number of ether oxygens (including phenoxy) is 1. The van der Waals surface area contributed by atoms with Crippen molar-refractivity contribution in [2.24, 2.45) is 0 Å². The minimum absolute atomic E-state index is 0.172. The largest absolute Gasteiger partial charge is 0.493 e. The number of nitrogens with zero attached hydrogens (tertiary/aromatic N) is 5. The Morgan fingerprint density at radius 2 is 2.02 bits per heavy atom. The highest BCUT2D eigenvalue weighted by Gasteiger charge is 2.22. The van der Waals surface area contributed by atoms with Gasteiger partial charge < -0.3 is 25.8 Å². The van der Waals surface area contributed by atoms with E-state index in [2.05, 4.69) is 35.9 Å². The van der Waals surface area contributed by atoms with Crippen molar-refractivity contribution in [2.45, 2.75) is 38.8 Å². The Labute approximate surface area is 241 Å². The number of fused-ring (bicyclic) bond motifs is 1. The number of carbonyl (C=O) groups excluding carboxylic acids is 2.